The third-order valence-corrected chi connectivity index (χ3v) is 5.36. The van der Waals surface area contributed by atoms with Crippen LogP contribution in [0.1, 0.15) is 10.4 Å². The number of rotatable bonds is 4. The van der Waals surface area contributed by atoms with Gasteiger partial charge in [-0.1, -0.05) is 30.3 Å². The quantitative estimate of drug-likeness (QED) is 0.474. The first-order valence-electron chi connectivity index (χ1n) is 8.39. The number of methoxy groups -OCH3 is 1. The molecule has 1 aliphatic heterocycles. The molecule has 1 aromatic heterocycles. The van der Waals surface area contributed by atoms with E-state index in [4.69, 9.17) is 26.4 Å². The van der Waals surface area contributed by atoms with Crippen LogP contribution in [-0.2, 0) is 4.74 Å². The standard InChI is InChI=1S/C20H16N2O4S2/c1-24-19(23)14-10-17(12-5-3-2-4-6-12)28-18(14)22-20(27)21-13-7-8-15-16(9-13)26-11-25-15/h2-10H,11H2,1H3,(H2,21,22,27). The molecule has 0 unspecified atom stereocenters. The van der Waals surface area contributed by atoms with E-state index in [0.717, 1.165) is 16.1 Å². The summed E-state index contributed by atoms with van der Waals surface area (Å²) in [5, 5.41) is 7.16. The molecule has 0 saturated heterocycles. The number of anilines is 2. The molecule has 8 heteroatoms. The lowest BCUT2D eigenvalue weighted by Gasteiger charge is -2.10. The highest BCUT2D eigenvalue weighted by molar-refractivity contribution is 7.80. The van der Waals surface area contributed by atoms with Gasteiger partial charge in [0.15, 0.2) is 16.6 Å². The molecule has 0 radical (unpaired) electrons. The molecular weight excluding hydrogens is 396 g/mol. The van der Waals surface area contributed by atoms with Crippen LogP contribution < -0.4 is 20.1 Å². The van der Waals surface area contributed by atoms with E-state index in [2.05, 4.69) is 10.6 Å². The Balaban J connectivity index is 1.55. The Morgan fingerprint density at radius 1 is 1.07 bits per heavy atom. The van der Waals surface area contributed by atoms with Gasteiger partial charge in [-0.05, 0) is 36.0 Å². The van der Waals surface area contributed by atoms with E-state index < -0.39 is 5.97 Å². The molecule has 2 aromatic carbocycles. The van der Waals surface area contributed by atoms with Crippen molar-refractivity contribution in [1.29, 1.82) is 0 Å². The highest BCUT2D eigenvalue weighted by atomic mass is 32.1. The van der Waals surface area contributed by atoms with Gasteiger partial charge in [0.2, 0.25) is 6.79 Å². The number of carbonyl (C=O) groups is 1. The fourth-order valence-electron chi connectivity index (χ4n) is 2.73. The van der Waals surface area contributed by atoms with Crippen molar-refractivity contribution in [3.63, 3.8) is 0 Å². The van der Waals surface area contributed by atoms with Gasteiger partial charge in [0.1, 0.15) is 5.00 Å². The lowest BCUT2D eigenvalue weighted by atomic mass is 10.1. The summed E-state index contributed by atoms with van der Waals surface area (Å²) in [5.74, 6) is 0.931. The van der Waals surface area contributed by atoms with E-state index >= 15 is 0 Å². The van der Waals surface area contributed by atoms with Gasteiger partial charge in [0.05, 0.1) is 12.7 Å². The largest absolute Gasteiger partial charge is 0.465 e. The van der Waals surface area contributed by atoms with Gasteiger partial charge in [-0.15, -0.1) is 11.3 Å². The smallest absolute Gasteiger partial charge is 0.340 e. The average molecular weight is 412 g/mol. The summed E-state index contributed by atoms with van der Waals surface area (Å²) in [6.07, 6.45) is 0. The van der Waals surface area contributed by atoms with Crippen LogP contribution in [0, 0.1) is 0 Å². The molecule has 3 aromatic rings. The summed E-state index contributed by atoms with van der Waals surface area (Å²) in [6.45, 7) is 0.210. The predicted octanol–water partition coefficient (Wildman–Crippen LogP) is 4.74. The number of thiocarbonyl (C=S) groups is 1. The summed E-state index contributed by atoms with van der Waals surface area (Å²) in [6, 6.07) is 17.1. The highest BCUT2D eigenvalue weighted by Gasteiger charge is 2.19. The molecule has 4 rings (SSSR count). The first-order chi connectivity index (χ1) is 13.6. The van der Waals surface area contributed by atoms with Gasteiger partial charge in [-0.2, -0.15) is 0 Å². The lowest BCUT2D eigenvalue weighted by Crippen LogP contribution is -2.19. The van der Waals surface area contributed by atoms with Crippen LogP contribution in [0.15, 0.2) is 54.6 Å². The van der Waals surface area contributed by atoms with Gasteiger partial charge >= 0.3 is 5.97 Å². The fourth-order valence-corrected chi connectivity index (χ4v) is 4.07. The highest BCUT2D eigenvalue weighted by Crippen LogP contribution is 2.37. The summed E-state index contributed by atoms with van der Waals surface area (Å²) in [5.41, 5.74) is 2.20. The number of hydrogen-bond acceptors (Lipinski definition) is 6. The van der Waals surface area contributed by atoms with Gasteiger partial charge in [0, 0.05) is 16.6 Å². The van der Waals surface area contributed by atoms with Crippen molar-refractivity contribution >= 4 is 45.3 Å². The lowest BCUT2D eigenvalue weighted by molar-refractivity contribution is 0.0602. The van der Waals surface area contributed by atoms with Crippen LogP contribution in [-0.4, -0.2) is 25.0 Å². The van der Waals surface area contributed by atoms with Gasteiger partial charge in [-0.3, -0.25) is 0 Å². The van der Waals surface area contributed by atoms with Crippen LogP contribution >= 0.6 is 23.6 Å². The van der Waals surface area contributed by atoms with Crippen molar-refractivity contribution in [3.05, 3.63) is 60.2 Å². The molecule has 0 bridgehead atoms. The van der Waals surface area contributed by atoms with Gasteiger partial charge in [-0.25, -0.2) is 4.79 Å². The molecular formula is C20H16N2O4S2. The van der Waals surface area contributed by atoms with E-state index in [9.17, 15) is 4.79 Å². The first kappa shape index (κ1) is 18.3. The van der Waals surface area contributed by atoms with E-state index in [0.29, 0.717) is 27.2 Å². The normalized spacial score (nSPS) is 11.8. The number of carbonyl (C=O) groups excluding carboxylic acids is 1. The Morgan fingerprint density at radius 3 is 2.64 bits per heavy atom. The summed E-state index contributed by atoms with van der Waals surface area (Å²) >= 11 is 6.85. The van der Waals surface area contributed by atoms with Crippen LogP contribution in [0.5, 0.6) is 11.5 Å². The van der Waals surface area contributed by atoms with E-state index in [-0.39, 0.29) is 6.79 Å². The van der Waals surface area contributed by atoms with Gasteiger partial charge < -0.3 is 24.8 Å². The molecule has 1 aliphatic rings. The Hall–Kier alpha value is -3.10. The molecule has 0 spiro atoms. The fraction of sp³-hybridized carbons (Fsp3) is 0.100. The molecule has 0 atom stereocenters. The summed E-state index contributed by atoms with van der Waals surface area (Å²) in [7, 11) is 1.36. The van der Waals surface area contributed by atoms with Crippen molar-refractivity contribution in [2.24, 2.45) is 0 Å². The van der Waals surface area contributed by atoms with Crippen molar-refractivity contribution in [1.82, 2.24) is 0 Å². The minimum absolute atomic E-state index is 0.210. The Morgan fingerprint density at radius 2 is 1.86 bits per heavy atom. The van der Waals surface area contributed by atoms with Crippen LogP contribution in [0.4, 0.5) is 10.7 Å². The SMILES string of the molecule is COC(=O)c1cc(-c2ccccc2)sc1NC(=S)Nc1ccc2c(c1)OCO2. The second-order valence-electron chi connectivity index (χ2n) is 5.86. The molecule has 28 heavy (non-hydrogen) atoms. The molecule has 0 fully saturated rings. The molecule has 142 valence electrons. The number of esters is 1. The van der Waals surface area contributed by atoms with E-state index in [1.165, 1.54) is 18.4 Å². The number of hydrogen-bond donors (Lipinski definition) is 2. The molecule has 2 heterocycles. The number of thiophene rings is 1. The molecule has 0 saturated carbocycles. The van der Waals surface area contributed by atoms with E-state index in [1.54, 1.807) is 12.1 Å². The first-order valence-corrected chi connectivity index (χ1v) is 9.62. The number of fused-ring (bicyclic) bond motifs is 1. The van der Waals surface area contributed by atoms with Crippen molar-refractivity contribution in [3.8, 4) is 21.9 Å². The second kappa shape index (κ2) is 7.87. The zero-order chi connectivity index (χ0) is 19.5. The third-order valence-electron chi connectivity index (χ3n) is 4.05. The van der Waals surface area contributed by atoms with Crippen molar-refractivity contribution < 1.29 is 19.0 Å². The Kier molecular flexibility index (Phi) is 5.14. The Bertz CT molecular complexity index is 1030. The number of nitrogens with one attached hydrogen (secondary N) is 2. The molecule has 0 amide bonds. The summed E-state index contributed by atoms with van der Waals surface area (Å²) < 4.78 is 15.6. The molecule has 2 N–H and O–H groups in total. The zero-order valence-electron chi connectivity index (χ0n) is 14.9. The average Bonchev–Trinajstić information content (AvgIpc) is 3.34. The maximum absolute atomic E-state index is 12.2. The predicted molar refractivity (Wildman–Crippen MR) is 114 cm³/mol. The molecule has 0 aliphatic carbocycles. The van der Waals surface area contributed by atoms with Crippen LogP contribution in [0.3, 0.4) is 0 Å². The van der Waals surface area contributed by atoms with E-state index in [1.807, 2.05) is 42.5 Å². The Labute approximate surface area is 171 Å². The minimum atomic E-state index is -0.424. The zero-order valence-corrected chi connectivity index (χ0v) is 16.5. The third kappa shape index (κ3) is 3.78. The maximum Gasteiger partial charge on any atom is 0.340 e. The second-order valence-corrected chi connectivity index (χ2v) is 7.32. The minimum Gasteiger partial charge on any atom is -0.465 e. The van der Waals surface area contributed by atoms with Crippen molar-refractivity contribution in [2.75, 3.05) is 24.5 Å². The van der Waals surface area contributed by atoms with Crippen molar-refractivity contribution in [2.45, 2.75) is 0 Å². The summed E-state index contributed by atoms with van der Waals surface area (Å²) in [4.78, 5) is 13.1. The topological polar surface area (TPSA) is 68.8 Å². The van der Waals surface area contributed by atoms with Crippen LogP contribution in [0.2, 0.25) is 0 Å². The maximum atomic E-state index is 12.2. The van der Waals surface area contributed by atoms with Crippen LogP contribution in [0.25, 0.3) is 10.4 Å². The molecule has 6 nitrogen and oxygen atoms in total. The number of ether oxygens (including phenoxy) is 3. The van der Waals surface area contributed by atoms with Gasteiger partial charge in [0.25, 0.3) is 0 Å². The monoisotopic (exact) mass is 412 g/mol. The number of benzene rings is 2.